The lowest BCUT2D eigenvalue weighted by atomic mass is 9.83. The summed E-state index contributed by atoms with van der Waals surface area (Å²) in [5, 5.41) is 11.5. The molecule has 1 aromatic carbocycles. The Kier molecular flexibility index (Phi) is 32.7. The Bertz CT molecular complexity index is 1080. The van der Waals surface area contributed by atoms with Crippen LogP contribution in [0.1, 0.15) is 272 Å². The number of rotatable bonds is 42. The highest BCUT2D eigenvalue weighted by Crippen LogP contribution is 2.35. The van der Waals surface area contributed by atoms with Gasteiger partial charge in [0.25, 0.3) is 0 Å². The fourth-order valence-corrected chi connectivity index (χ4v) is 8.59. The molecule has 1 rings (SSSR count). The molecule has 4 heteroatoms. The van der Waals surface area contributed by atoms with Gasteiger partial charge in [-0.05, 0) is 78.0 Å². The van der Waals surface area contributed by atoms with E-state index in [1.807, 2.05) is 6.07 Å². The molecule has 0 fully saturated rings. The maximum Gasteiger partial charge on any atom is 0.119 e. The molecule has 0 spiro atoms. The van der Waals surface area contributed by atoms with Crippen LogP contribution in [0.15, 0.2) is 12.1 Å². The minimum absolute atomic E-state index is 0.301. The summed E-state index contributed by atoms with van der Waals surface area (Å²) >= 11 is 0. The topological polar surface area (TPSA) is 47.9 Å². The molecular weight excluding hydrogens is 713 g/mol. The number of aromatic hydroxyl groups is 1. The van der Waals surface area contributed by atoms with E-state index >= 15 is 0 Å². The van der Waals surface area contributed by atoms with E-state index in [1.54, 1.807) is 0 Å². The number of hydrogen-bond acceptors (Lipinski definition) is 4. The van der Waals surface area contributed by atoms with Gasteiger partial charge in [0.1, 0.15) is 5.75 Å². The maximum atomic E-state index is 11.5. The van der Waals surface area contributed by atoms with Crippen molar-refractivity contribution in [1.82, 2.24) is 0 Å². The Labute approximate surface area is 363 Å². The van der Waals surface area contributed by atoms with Crippen molar-refractivity contribution in [2.45, 2.75) is 291 Å². The van der Waals surface area contributed by atoms with Gasteiger partial charge in [0.15, 0.2) is 0 Å². The molecule has 1 N–H and O–H groups in total. The van der Waals surface area contributed by atoms with E-state index in [2.05, 4.69) is 68.4 Å². The number of phenolic OH excluding ortho intramolecular Hbond substituents is 1. The summed E-state index contributed by atoms with van der Waals surface area (Å²) in [7, 11) is 0. The van der Waals surface area contributed by atoms with Crippen molar-refractivity contribution in [1.29, 1.82) is 0 Å². The van der Waals surface area contributed by atoms with Crippen molar-refractivity contribution in [3.63, 3.8) is 0 Å². The van der Waals surface area contributed by atoms with Gasteiger partial charge in [-0.2, -0.15) is 0 Å². The average Bonchev–Trinajstić information content (AvgIpc) is 3.17. The summed E-state index contributed by atoms with van der Waals surface area (Å²) in [5.74, 6) is 0.379. The van der Waals surface area contributed by atoms with Gasteiger partial charge in [0.2, 0.25) is 0 Å². The van der Waals surface area contributed by atoms with E-state index in [9.17, 15) is 5.11 Å². The van der Waals surface area contributed by atoms with Gasteiger partial charge in [0.05, 0.1) is 16.8 Å². The molecule has 0 heterocycles. The van der Waals surface area contributed by atoms with Crippen LogP contribution in [0.25, 0.3) is 0 Å². The smallest absolute Gasteiger partial charge is 0.119 e. The molecule has 0 amide bonds. The molecule has 0 saturated carbocycles. The van der Waals surface area contributed by atoms with Crippen LogP contribution in [0.5, 0.6) is 5.75 Å². The van der Waals surface area contributed by atoms with Crippen molar-refractivity contribution < 1.29 is 19.3 Å². The third-order valence-corrected chi connectivity index (χ3v) is 12.3. The lowest BCUT2D eigenvalue weighted by Gasteiger charge is -2.33. The molecule has 1 aromatic rings. The van der Waals surface area contributed by atoms with Gasteiger partial charge in [0, 0.05) is 44.6 Å². The van der Waals surface area contributed by atoms with E-state index in [-0.39, 0.29) is 16.8 Å². The van der Waals surface area contributed by atoms with E-state index < -0.39 is 0 Å². The number of ether oxygens (including phenoxy) is 3. The van der Waals surface area contributed by atoms with Crippen LogP contribution in [-0.4, -0.2) is 41.7 Å². The third kappa shape index (κ3) is 30.0. The number of hydrogen-bond donors (Lipinski definition) is 1. The Morgan fingerprint density at radius 3 is 0.914 bits per heavy atom. The fourth-order valence-electron chi connectivity index (χ4n) is 8.59. The largest absolute Gasteiger partial charge is 0.508 e. The normalized spacial score (nSPS) is 12.6. The van der Waals surface area contributed by atoms with Gasteiger partial charge >= 0.3 is 0 Å². The summed E-state index contributed by atoms with van der Waals surface area (Å²) < 4.78 is 19.9. The van der Waals surface area contributed by atoms with Gasteiger partial charge in [-0.3, -0.25) is 0 Å². The van der Waals surface area contributed by atoms with E-state index in [0.717, 1.165) is 57.5 Å². The molecule has 58 heavy (non-hydrogen) atoms. The summed E-state index contributed by atoms with van der Waals surface area (Å²) in [6.45, 7) is 22.6. The summed E-state index contributed by atoms with van der Waals surface area (Å²) in [6.07, 6.45) is 42.1. The zero-order valence-electron chi connectivity index (χ0n) is 40.8. The summed E-state index contributed by atoms with van der Waals surface area (Å²) in [4.78, 5) is 0. The SMILES string of the molecule is CCCCCCCCCCCCOC(C)(C)Cc1ccc(O)c(CC(C)(C)OCCCCCCCCCCCC)c1CC(C)(C)OCCCCCCCCCCCC. The summed E-state index contributed by atoms with van der Waals surface area (Å²) in [5.41, 5.74) is 2.48. The van der Waals surface area contributed by atoms with Crippen LogP contribution >= 0.6 is 0 Å². The number of unbranched alkanes of at least 4 members (excludes halogenated alkanes) is 27. The van der Waals surface area contributed by atoms with Crippen LogP contribution in [0.2, 0.25) is 0 Å². The molecule has 0 aromatic heterocycles. The standard InChI is InChI=1S/C54H102O4/c1-10-13-16-19-22-25-28-31-34-37-42-56-52(4,5)45-48-40-41-51(55)50(47-54(8,9)58-44-39-36-33-30-27-24-21-18-15-12-3)49(48)46-53(6,7)57-43-38-35-32-29-26-23-20-17-14-11-2/h40-41,55H,10-39,42-47H2,1-9H3. The maximum absolute atomic E-state index is 11.5. The molecule has 0 saturated heterocycles. The van der Waals surface area contributed by atoms with E-state index in [4.69, 9.17) is 14.2 Å². The molecule has 4 nitrogen and oxygen atoms in total. The predicted molar refractivity (Wildman–Crippen MR) is 255 cm³/mol. The van der Waals surface area contributed by atoms with Gasteiger partial charge in [-0.25, -0.2) is 0 Å². The van der Waals surface area contributed by atoms with E-state index in [1.165, 1.54) is 184 Å². The first kappa shape index (κ1) is 54.9. The first-order valence-electron chi connectivity index (χ1n) is 25.6. The third-order valence-electron chi connectivity index (χ3n) is 12.3. The molecule has 0 radical (unpaired) electrons. The Balaban J connectivity index is 2.85. The fraction of sp³-hybridized carbons (Fsp3) is 0.889. The van der Waals surface area contributed by atoms with Crippen molar-refractivity contribution in [3.8, 4) is 5.75 Å². The average molecular weight is 815 g/mol. The van der Waals surface area contributed by atoms with Crippen LogP contribution < -0.4 is 0 Å². The van der Waals surface area contributed by atoms with Crippen molar-refractivity contribution >= 4 is 0 Å². The highest BCUT2D eigenvalue weighted by Gasteiger charge is 2.30. The molecule has 0 unspecified atom stereocenters. The molecule has 0 aliphatic carbocycles. The molecule has 0 atom stereocenters. The zero-order valence-corrected chi connectivity index (χ0v) is 40.8. The van der Waals surface area contributed by atoms with Crippen LogP contribution in [-0.2, 0) is 33.5 Å². The lowest BCUT2D eigenvalue weighted by molar-refractivity contribution is -0.0253. The Morgan fingerprint density at radius 1 is 0.345 bits per heavy atom. The second-order valence-electron chi connectivity index (χ2n) is 20.1. The first-order valence-corrected chi connectivity index (χ1v) is 25.6. The predicted octanol–water partition coefficient (Wildman–Crippen LogP) is 17.2. The highest BCUT2D eigenvalue weighted by atomic mass is 16.5. The van der Waals surface area contributed by atoms with Crippen molar-refractivity contribution in [3.05, 3.63) is 28.8 Å². The highest BCUT2D eigenvalue weighted by molar-refractivity contribution is 5.46. The Hall–Kier alpha value is -1.10. The molecule has 0 aliphatic rings. The quantitative estimate of drug-likeness (QED) is 0.0668. The zero-order chi connectivity index (χ0) is 42.8. The second kappa shape index (κ2) is 34.5. The van der Waals surface area contributed by atoms with Crippen LogP contribution in [0.3, 0.4) is 0 Å². The van der Waals surface area contributed by atoms with Crippen LogP contribution in [0, 0.1) is 0 Å². The lowest BCUT2D eigenvalue weighted by Crippen LogP contribution is -2.33. The molecular formula is C54H102O4. The molecule has 342 valence electrons. The van der Waals surface area contributed by atoms with Gasteiger partial charge in [-0.1, -0.05) is 200 Å². The number of benzene rings is 1. The van der Waals surface area contributed by atoms with Crippen molar-refractivity contribution in [2.75, 3.05) is 19.8 Å². The minimum atomic E-state index is -0.382. The number of phenols is 1. The van der Waals surface area contributed by atoms with Crippen LogP contribution in [0.4, 0.5) is 0 Å². The molecule has 0 bridgehead atoms. The minimum Gasteiger partial charge on any atom is -0.508 e. The Morgan fingerprint density at radius 2 is 0.603 bits per heavy atom. The second-order valence-corrected chi connectivity index (χ2v) is 20.1. The first-order chi connectivity index (χ1) is 27.9. The summed E-state index contributed by atoms with van der Waals surface area (Å²) in [6, 6.07) is 4.07. The van der Waals surface area contributed by atoms with E-state index in [0.29, 0.717) is 12.2 Å². The monoisotopic (exact) mass is 815 g/mol. The molecule has 0 aliphatic heterocycles. The van der Waals surface area contributed by atoms with Gasteiger partial charge in [-0.15, -0.1) is 0 Å². The van der Waals surface area contributed by atoms with Gasteiger partial charge < -0.3 is 19.3 Å². The van der Waals surface area contributed by atoms with Crippen molar-refractivity contribution in [2.24, 2.45) is 0 Å².